The predicted molar refractivity (Wildman–Crippen MR) is 100 cm³/mol. The third-order valence-corrected chi connectivity index (χ3v) is 6.40. The minimum Gasteiger partial charge on any atom is -0.508 e. The van der Waals surface area contributed by atoms with Crippen molar-refractivity contribution in [3.8, 4) is 16.2 Å². The third-order valence-electron chi connectivity index (χ3n) is 3.71. The van der Waals surface area contributed by atoms with E-state index in [4.69, 9.17) is 0 Å². The average Bonchev–Trinajstić information content (AvgIpc) is 2.99. The summed E-state index contributed by atoms with van der Waals surface area (Å²) in [7, 11) is -3.92. The summed E-state index contributed by atoms with van der Waals surface area (Å²) < 4.78 is 27.7. The van der Waals surface area contributed by atoms with Gasteiger partial charge in [-0.1, -0.05) is 18.2 Å². The molecule has 0 aliphatic rings. The second-order valence-electron chi connectivity index (χ2n) is 5.58. The van der Waals surface area contributed by atoms with Crippen LogP contribution in [-0.4, -0.2) is 24.6 Å². The number of phenolic OH excluding ortho intramolecular Hbond substituents is 1. The van der Waals surface area contributed by atoms with Gasteiger partial charge in [0.2, 0.25) is 0 Å². The highest BCUT2D eigenvalue weighted by Crippen LogP contribution is 2.36. The second-order valence-corrected chi connectivity index (χ2v) is 8.28. The van der Waals surface area contributed by atoms with E-state index in [2.05, 4.69) is 4.72 Å². The van der Waals surface area contributed by atoms with E-state index in [-0.39, 0.29) is 21.2 Å². The van der Waals surface area contributed by atoms with Crippen LogP contribution in [0.15, 0.2) is 59.5 Å². The summed E-state index contributed by atoms with van der Waals surface area (Å²) in [4.78, 5) is 12.1. The van der Waals surface area contributed by atoms with E-state index < -0.39 is 16.0 Å². The Balaban J connectivity index is 2.03. The minimum absolute atomic E-state index is 0.00817. The van der Waals surface area contributed by atoms with Crippen molar-refractivity contribution in [2.45, 2.75) is 11.8 Å². The average molecular weight is 389 g/mol. The summed E-state index contributed by atoms with van der Waals surface area (Å²) in [6.07, 6.45) is 0. The Morgan fingerprint density at radius 3 is 2.35 bits per heavy atom. The number of aromatic carboxylic acids is 1. The lowest BCUT2D eigenvalue weighted by molar-refractivity contribution is 0.0703. The van der Waals surface area contributed by atoms with Crippen LogP contribution in [0.1, 0.15) is 15.2 Å². The number of carboxylic acid groups (broad SMARTS) is 1. The largest absolute Gasteiger partial charge is 0.508 e. The smallest absolute Gasteiger partial charge is 0.348 e. The van der Waals surface area contributed by atoms with E-state index in [0.717, 1.165) is 11.3 Å². The molecular weight excluding hydrogens is 374 g/mol. The number of nitrogens with one attached hydrogen (secondary N) is 1. The summed E-state index contributed by atoms with van der Waals surface area (Å²) in [5.41, 5.74) is 1.25. The van der Waals surface area contributed by atoms with Crippen LogP contribution in [0, 0.1) is 6.92 Å². The van der Waals surface area contributed by atoms with E-state index in [9.17, 15) is 23.4 Å². The lowest BCUT2D eigenvalue weighted by atomic mass is 10.2. The molecule has 1 heterocycles. The lowest BCUT2D eigenvalue weighted by Crippen LogP contribution is -2.15. The first-order valence-electron chi connectivity index (χ1n) is 7.53. The van der Waals surface area contributed by atoms with E-state index in [1.165, 1.54) is 24.3 Å². The summed E-state index contributed by atoms with van der Waals surface area (Å²) in [6, 6.07) is 14.2. The molecule has 0 unspecified atom stereocenters. The molecule has 134 valence electrons. The first-order valence-corrected chi connectivity index (χ1v) is 9.83. The number of aryl methyl sites for hydroxylation is 1. The van der Waals surface area contributed by atoms with Crippen molar-refractivity contribution in [3.05, 3.63) is 65.0 Å². The molecule has 2 aromatic carbocycles. The van der Waals surface area contributed by atoms with Crippen LogP contribution in [0.3, 0.4) is 0 Å². The maximum Gasteiger partial charge on any atom is 0.348 e. The highest BCUT2D eigenvalue weighted by atomic mass is 32.2. The number of carbonyl (C=O) groups is 1. The van der Waals surface area contributed by atoms with Gasteiger partial charge in [-0.2, -0.15) is 0 Å². The number of aromatic hydroxyl groups is 1. The van der Waals surface area contributed by atoms with Crippen molar-refractivity contribution < 1.29 is 23.4 Å². The molecular formula is C18H15NO5S2. The van der Waals surface area contributed by atoms with Gasteiger partial charge in [0.25, 0.3) is 10.0 Å². The van der Waals surface area contributed by atoms with Crippen molar-refractivity contribution >= 4 is 33.0 Å². The molecule has 0 saturated heterocycles. The SMILES string of the molecule is Cc1ccccc1S(=O)(=O)Nc1cc(-c2ccc(O)cc2)sc1C(=O)O. The second kappa shape index (κ2) is 6.81. The molecule has 26 heavy (non-hydrogen) atoms. The Morgan fingerprint density at radius 2 is 1.73 bits per heavy atom. The number of phenols is 1. The van der Waals surface area contributed by atoms with Gasteiger partial charge in [0, 0.05) is 4.88 Å². The zero-order chi connectivity index (χ0) is 18.9. The zero-order valence-corrected chi connectivity index (χ0v) is 15.3. The molecule has 3 N–H and O–H groups in total. The fraction of sp³-hybridized carbons (Fsp3) is 0.0556. The molecule has 0 spiro atoms. The quantitative estimate of drug-likeness (QED) is 0.613. The summed E-state index contributed by atoms with van der Waals surface area (Å²) >= 11 is 0.959. The molecule has 0 radical (unpaired) electrons. The number of rotatable bonds is 5. The summed E-state index contributed by atoms with van der Waals surface area (Å²) in [5.74, 6) is -1.13. The normalized spacial score (nSPS) is 11.3. The molecule has 0 aliphatic carbocycles. The predicted octanol–water partition coefficient (Wildman–Crippen LogP) is 3.93. The molecule has 0 saturated carbocycles. The van der Waals surface area contributed by atoms with Crippen LogP contribution in [0.5, 0.6) is 5.75 Å². The number of thiophene rings is 1. The molecule has 0 atom stereocenters. The molecule has 0 fully saturated rings. The minimum atomic E-state index is -3.92. The van der Waals surface area contributed by atoms with E-state index in [0.29, 0.717) is 16.0 Å². The summed E-state index contributed by atoms with van der Waals surface area (Å²) in [6.45, 7) is 1.67. The Morgan fingerprint density at radius 1 is 1.08 bits per heavy atom. The molecule has 0 bridgehead atoms. The van der Waals surface area contributed by atoms with Gasteiger partial charge in [-0.05, 0) is 54.4 Å². The Bertz CT molecular complexity index is 1070. The molecule has 3 aromatic rings. The van der Waals surface area contributed by atoms with Crippen LogP contribution in [0.25, 0.3) is 10.4 Å². The van der Waals surface area contributed by atoms with Crippen LogP contribution in [0.4, 0.5) is 5.69 Å². The van der Waals surface area contributed by atoms with Crippen LogP contribution < -0.4 is 4.72 Å². The molecule has 0 aliphatic heterocycles. The Kier molecular flexibility index (Phi) is 4.71. The maximum atomic E-state index is 12.7. The van der Waals surface area contributed by atoms with Gasteiger partial charge < -0.3 is 10.2 Å². The van der Waals surface area contributed by atoms with Gasteiger partial charge in [0.05, 0.1) is 10.6 Å². The zero-order valence-electron chi connectivity index (χ0n) is 13.6. The van der Waals surface area contributed by atoms with Crippen molar-refractivity contribution in [1.82, 2.24) is 0 Å². The van der Waals surface area contributed by atoms with Gasteiger partial charge in [-0.3, -0.25) is 4.72 Å². The number of anilines is 1. The van der Waals surface area contributed by atoms with Gasteiger partial charge in [-0.15, -0.1) is 11.3 Å². The molecule has 8 heteroatoms. The Labute approximate surface area is 154 Å². The lowest BCUT2D eigenvalue weighted by Gasteiger charge is -2.09. The number of carboxylic acids is 1. The topological polar surface area (TPSA) is 104 Å². The number of hydrogen-bond donors (Lipinski definition) is 3. The number of hydrogen-bond acceptors (Lipinski definition) is 5. The first-order chi connectivity index (χ1) is 12.3. The van der Waals surface area contributed by atoms with Crippen LogP contribution in [-0.2, 0) is 10.0 Å². The molecule has 6 nitrogen and oxygen atoms in total. The molecule has 3 rings (SSSR count). The fourth-order valence-corrected chi connectivity index (χ4v) is 4.78. The van der Waals surface area contributed by atoms with E-state index >= 15 is 0 Å². The Hall–Kier alpha value is -2.84. The number of sulfonamides is 1. The van der Waals surface area contributed by atoms with Crippen molar-refractivity contribution in [3.63, 3.8) is 0 Å². The van der Waals surface area contributed by atoms with Gasteiger partial charge in [-0.25, -0.2) is 13.2 Å². The highest BCUT2D eigenvalue weighted by Gasteiger charge is 2.23. The maximum absolute atomic E-state index is 12.7. The first kappa shape index (κ1) is 18.0. The highest BCUT2D eigenvalue weighted by molar-refractivity contribution is 7.92. The van der Waals surface area contributed by atoms with Gasteiger partial charge >= 0.3 is 5.97 Å². The summed E-state index contributed by atoms with van der Waals surface area (Å²) in [5, 5.41) is 18.8. The molecule has 1 aromatic heterocycles. The van der Waals surface area contributed by atoms with E-state index in [1.54, 1.807) is 37.3 Å². The van der Waals surface area contributed by atoms with Crippen molar-refractivity contribution in [1.29, 1.82) is 0 Å². The van der Waals surface area contributed by atoms with E-state index in [1.807, 2.05) is 0 Å². The van der Waals surface area contributed by atoms with Gasteiger partial charge in [0.1, 0.15) is 10.6 Å². The third kappa shape index (κ3) is 3.56. The monoisotopic (exact) mass is 389 g/mol. The van der Waals surface area contributed by atoms with Crippen molar-refractivity contribution in [2.24, 2.45) is 0 Å². The standard InChI is InChI=1S/C18H15NO5S2/c1-11-4-2-3-5-16(11)26(23,24)19-14-10-15(25-17(14)18(21)22)12-6-8-13(20)9-7-12/h2-10,19-20H,1H3,(H,21,22). The molecule has 0 amide bonds. The van der Waals surface area contributed by atoms with Crippen LogP contribution >= 0.6 is 11.3 Å². The van der Waals surface area contributed by atoms with Crippen molar-refractivity contribution in [2.75, 3.05) is 4.72 Å². The van der Waals surface area contributed by atoms with Crippen LogP contribution in [0.2, 0.25) is 0 Å². The fourth-order valence-electron chi connectivity index (χ4n) is 2.45. The van der Waals surface area contributed by atoms with Gasteiger partial charge in [0.15, 0.2) is 0 Å². The number of benzene rings is 2.